The van der Waals surface area contributed by atoms with E-state index in [-0.39, 0.29) is 23.2 Å². The Morgan fingerprint density at radius 2 is 2.22 bits per heavy atom. The van der Waals surface area contributed by atoms with Crippen LogP contribution in [-0.2, 0) is 0 Å². The van der Waals surface area contributed by atoms with E-state index in [1.54, 1.807) is 6.92 Å². The van der Waals surface area contributed by atoms with Crippen molar-refractivity contribution < 1.29 is 9.72 Å². The SMILES string of the molecule is CNC(=O)c1ccc(NCC(C)N)c([N+](=O)[O-])c1. The second-order valence-corrected chi connectivity index (χ2v) is 3.93. The molecule has 7 heteroatoms. The van der Waals surface area contributed by atoms with E-state index in [0.717, 1.165) is 0 Å². The molecule has 0 aromatic heterocycles. The summed E-state index contributed by atoms with van der Waals surface area (Å²) in [5.41, 5.74) is 6.03. The molecule has 0 saturated carbocycles. The highest BCUT2D eigenvalue weighted by Crippen LogP contribution is 2.25. The molecule has 0 aliphatic heterocycles. The molecule has 0 bridgehead atoms. The predicted molar refractivity (Wildman–Crippen MR) is 68.6 cm³/mol. The molecular formula is C11H16N4O3. The molecule has 1 unspecified atom stereocenters. The van der Waals surface area contributed by atoms with Crippen LogP contribution in [0.3, 0.4) is 0 Å². The number of nitrogens with two attached hydrogens (primary N) is 1. The molecule has 1 rings (SSSR count). The van der Waals surface area contributed by atoms with E-state index < -0.39 is 4.92 Å². The summed E-state index contributed by atoms with van der Waals surface area (Å²) in [4.78, 5) is 21.8. The first-order valence-electron chi connectivity index (χ1n) is 5.45. The van der Waals surface area contributed by atoms with E-state index >= 15 is 0 Å². The number of anilines is 1. The van der Waals surface area contributed by atoms with Crippen molar-refractivity contribution in [3.8, 4) is 0 Å². The second kappa shape index (κ2) is 5.97. The number of hydrogen-bond donors (Lipinski definition) is 3. The minimum atomic E-state index is -0.532. The molecule has 0 heterocycles. The van der Waals surface area contributed by atoms with E-state index in [0.29, 0.717) is 12.2 Å². The van der Waals surface area contributed by atoms with Crippen LogP contribution in [0, 0.1) is 10.1 Å². The summed E-state index contributed by atoms with van der Waals surface area (Å²) < 4.78 is 0. The highest BCUT2D eigenvalue weighted by Gasteiger charge is 2.17. The number of nitrogens with one attached hydrogen (secondary N) is 2. The molecule has 0 aliphatic rings. The zero-order valence-corrected chi connectivity index (χ0v) is 10.3. The summed E-state index contributed by atoms with van der Waals surface area (Å²) in [5.74, 6) is -0.364. The molecule has 7 nitrogen and oxygen atoms in total. The highest BCUT2D eigenvalue weighted by molar-refractivity contribution is 5.95. The third kappa shape index (κ3) is 3.42. The van der Waals surface area contributed by atoms with Crippen molar-refractivity contribution >= 4 is 17.3 Å². The average molecular weight is 252 g/mol. The number of nitro groups is 1. The smallest absolute Gasteiger partial charge is 0.293 e. The maximum atomic E-state index is 11.4. The summed E-state index contributed by atoms with van der Waals surface area (Å²) in [7, 11) is 1.47. The zero-order valence-electron chi connectivity index (χ0n) is 10.3. The molecule has 0 radical (unpaired) electrons. The number of nitro benzene ring substituents is 1. The van der Waals surface area contributed by atoms with Crippen LogP contribution in [0.1, 0.15) is 17.3 Å². The molecule has 1 aromatic carbocycles. The molecular weight excluding hydrogens is 236 g/mol. The van der Waals surface area contributed by atoms with Crippen LogP contribution < -0.4 is 16.4 Å². The van der Waals surface area contributed by atoms with Crippen LogP contribution in [0.25, 0.3) is 0 Å². The Morgan fingerprint density at radius 1 is 1.56 bits per heavy atom. The van der Waals surface area contributed by atoms with Gasteiger partial charge in [0.15, 0.2) is 0 Å². The predicted octanol–water partition coefficient (Wildman–Crippen LogP) is 0.714. The standard InChI is InChI=1S/C11H16N4O3/c1-7(12)6-14-9-4-3-8(11(16)13-2)5-10(9)15(17)18/h3-5,7,14H,6,12H2,1-2H3,(H,13,16). The van der Waals surface area contributed by atoms with Crippen LogP contribution in [0.5, 0.6) is 0 Å². The number of nitrogens with zero attached hydrogens (tertiary/aromatic N) is 1. The van der Waals surface area contributed by atoms with Gasteiger partial charge in [0, 0.05) is 31.3 Å². The van der Waals surface area contributed by atoms with E-state index in [4.69, 9.17) is 5.73 Å². The lowest BCUT2D eigenvalue weighted by Crippen LogP contribution is -2.25. The maximum absolute atomic E-state index is 11.4. The number of amides is 1. The van der Waals surface area contributed by atoms with Gasteiger partial charge in [-0.25, -0.2) is 0 Å². The van der Waals surface area contributed by atoms with E-state index in [1.165, 1.54) is 25.2 Å². The molecule has 1 amide bonds. The molecule has 1 atom stereocenters. The van der Waals surface area contributed by atoms with Crippen LogP contribution >= 0.6 is 0 Å². The third-order valence-corrected chi connectivity index (χ3v) is 2.30. The highest BCUT2D eigenvalue weighted by atomic mass is 16.6. The van der Waals surface area contributed by atoms with E-state index in [2.05, 4.69) is 10.6 Å². The number of carbonyl (C=O) groups is 1. The van der Waals surface area contributed by atoms with Gasteiger partial charge >= 0.3 is 0 Å². The minimum Gasteiger partial charge on any atom is -0.378 e. The molecule has 0 spiro atoms. The van der Waals surface area contributed by atoms with Crippen molar-refractivity contribution in [2.75, 3.05) is 18.9 Å². The Morgan fingerprint density at radius 3 is 2.72 bits per heavy atom. The van der Waals surface area contributed by atoms with Crippen molar-refractivity contribution in [3.05, 3.63) is 33.9 Å². The number of hydrogen-bond acceptors (Lipinski definition) is 5. The molecule has 0 fully saturated rings. The Labute approximate surface area is 105 Å². The van der Waals surface area contributed by atoms with Gasteiger partial charge < -0.3 is 16.4 Å². The summed E-state index contributed by atoms with van der Waals surface area (Å²) in [6.07, 6.45) is 0. The lowest BCUT2D eigenvalue weighted by molar-refractivity contribution is -0.384. The van der Waals surface area contributed by atoms with Gasteiger partial charge in [-0.1, -0.05) is 0 Å². The summed E-state index contributed by atoms with van der Waals surface area (Å²) in [6.45, 7) is 2.21. The van der Waals surface area contributed by atoms with Crippen LogP contribution in [0.2, 0.25) is 0 Å². The van der Waals surface area contributed by atoms with Gasteiger partial charge in [0.2, 0.25) is 0 Å². The fourth-order valence-electron chi connectivity index (χ4n) is 1.39. The summed E-state index contributed by atoms with van der Waals surface area (Å²) in [5, 5.41) is 16.2. The number of carbonyl (C=O) groups excluding carboxylic acids is 1. The molecule has 18 heavy (non-hydrogen) atoms. The fraction of sp³-hybridized carbons (Fsp3) is 0.364. The van der Waals surface area contributed by atoms with Gasteiger partial charge in [-0.2, -0.15) is 0 Å². The van der Waals surface area contributed by atoms with Gasteiger partial charge in [-0.15, -0.1) is 0 Å². The molecule has 0 aliphatic carbocycles. The maximum Gasteiger partial charge on any atom is 0.293 e. The molecule has 1 aromatic rings. The van der Waals surface area contributed by atoms with Crippen molar-refractivity contribution in [2.24, 2.45) is 5.73 Å². The van der Waals surface area contributed by atoms with Crippen molar-refractivity contribution in [1.29, 1.82) is 0 Å². The molecule has 98 valence electrons. The first-order valence-corrected chi connectivity index (χ1v) is 5.45. The Balaban J connectivity index is 3.04. The average Bonchev–Trinajstić information content (AvgIpc) is 2.34. The van der Waals surface area contributed by atoms with Crippen molar-refractivity contribution in [2.45, 2.75) is 13.0 Å². The molecule has 4 N–H and O–H groups in total. The van der Waals surface area contributed by atoms with Crippen LogP contribution in [-0.4, -0.2) is 30.5 Å². The fourth-order valence-corrected chi connectivity index (χ4v) is 1.39. The number of rotatable bonds is 5. The molecule has 0 saturated heterocycles. The lowest BCUT2D eigenvalue weighted by Gasteiger charge is -2.10. The van der Waals surface area contributed by atoms with Gasteiger partial charge in [-0.3, -0.25) is 14.9 Å². The largest absolute Gasteiger partial charge is 0.378 e. The lowest BCUT2D eigenvalue weighted by atomic mass is 10.1. The van der Waals surface area contributed by atoms with Crippen LogP contribution in [0.15, 0.2) is 18.2 Å². The Bertz CT molecular complexity index is 460. The zero-order chi connectivity index (χ0) is 13.7. The topological polar surface area (TPSA) is 110 Å². The first kappa shape index (κ1) is 13.9. The number of benzene rings is 1. The van der Waals surface area contributed by atoms with Gasteiger partial charge in [0.1, 0.15) is 5.69 Å². The third-order valence-electron chi connectivity index (χ3n) is 2.30. The first-order chi connectivity index (χ1) is 8.45. The van der Waals surface area contributed by atoms with Crippen molar-refractivity contribution in [3.63, 3.8) is 0 Å². The summed E-state index contributed by atoms with van der Waals surface area (Å²) >= 11 is 0. The Kier molecular flexibility index (Phi) is 4.61. The monoisotopic (exact) mass is 252 g/mol. The summed E-state index contributed by atoms with van der Waals surface area (Å²) in [6, 6.07) is 4.14. The second-order valence-electron chi connectivity index (χ2n) is 3.93. The van der Waals surface area contributed by atoms with Gasteiger partial charge in [0.25, 0.3) is 11.6 Å². The van der Waals surface area contributed by atoms with Gasteiger partial charge in [0.05, 0.1) is 4.92 Å². The Hall–Kier alpha value is -2.15. The van der Waals surface area contributed by atoms with Crippen LogP contribution in [0.4, 0.5) is 11.4 Å². The van der Waals surface area contributed by atoms with E-state index in [1.807, 2.05) is 0 Å². The van der Waals surface area contributed by atoms with Gasteiger partial charge in [-0.05, 0) is 19.1 Å². The van der Waals surface area contributed by atoms with Crippen molar-refractivity contribution in [1.82, 2.24) is 5.32 Å². The quantitative estimate of drug-likeness (QED) is 0.528. The van der Waals surface area contributed by atoms with E-state index in [9.17, 15) is 14.9 Å². The normalized spacial score (nSPS) is 11.7. The minimum absolute atomic E-state index is 0.122.